The first-order valence-electron chi connectivity index (χ1n) is 8.70. The molecule has 1 fully saturated rings. The van der Waals surface area contributed by atoms with Gasteiger partial charge < -0.3 is 25.0 Å². The van der Waals surface area contributed by atoms with E-state index >= 15 is 0 Å². The predicted octanol–water partition coefficient (Wildman–Crippen LogP) is 1.35. The van der Waals surface area contributed by atoms with E-state index in [1.807, 2.05) is 13.8 Å². The highest BCUT2D eigenvalue weighted by Crippen LogP contribution is 2.42. The van der Waals surface area contributed by atoms with E-state index in [9.17, 15) is 10.4 Å². The fourth-order valence-corrected chi connectivity index (χ4v) is 2.83. The Morgan fingerprint density at radius 3 is 2.96 bits per heavy atom. The van der Waals surface area contributed by atoms with Crippen molar-refractivity contribution in [3.8, 4) is 6.07 Å². The number of hydrogen-bond acceptors (Lipinski definition) is 10. The third-order valence-corrected chi connectivity index (χ3v) is 4.84. The maximum atomic E-state index is 9.89. The largest absolute Gasteiger partial charge is 0.392 e. The van der Waals surface area contributed by atoms with E-state index in [0.29, 0.717) is 55.0 Å². The summed E-state index contributed by atoms with van der Waals surface area (Å²) in [6.07, 6.45) is 2.23. The smallest absolute Gasteiger partial charge is 0.228 e. The SMILES string of the molecule is COCc1noc(CCNc2ncc(C#N)c(N[C@@H]3CC(O)C3(C)C)n2)n1.[HH]. The van der Waals surface area contributed by atoms with Gasteiger partial charge in [-0.05, 0) is 6.42 Å². The maximum absolute atomic E-state index is 9.89. The zero-order chi connectivity index (χ0) is 19.4. The summed E-state index contributed by atoms with van der Waals surface area (Å²) < 4.78 is 10.1. The first-order chi connectivity index (χ1) is 12.9. The van der Waals surface area contributed by atoms with Crippen molar-refractivity contribution in [1.29, 1.82) is 5.26 Å². The number of aromatic nitrogens is 4. The molecule has 0 radical (unpaired) electrons. The van der Waals surface area contributed by atoms with Crippen molar-refractivity contribution in [1.82, 2.24) is 20.1 Å². The minimum atomic E-state index is -0.364. The van der Waals surface area contributed by atoms with Crippen molar-refractivity contribution in [2.75, 3.05) is 24.3 Å². The summed E-state index contributed by atoms with van der Waals surface area (Å²) in [5, 5.41) is 29.3. The minimum absolute atomic E-state index is 0. The average Bonchev–Trinajstić information content (AvgIpc) is 3.09. The number of rotatable bonds is 8. The van der Waals surface area contributed by atoms with Gasteiger partial charge in [0, 0.05) is 33.0 Å². The van der Waals surface area contributed by atoms with Crippen molar-refractivity contribution in [3.05, 3.63) is 23.5 Å². The number of nitrogens with one attached hydrogen (secondary N) is 2. The van der Waals surface area contributed by atoms with E-state index < -0.39 is 0 Å². The van der Waals surface area contributed by atoms with Crippen molar-refractivity contribution in [2.24, 2.45) is 5.41 Å². The van der Waals surface area contributed by atoms with E-state index in [1.54, 1.807) is 7.11 Å². The van der Waals surface area contributed by atoms with Crippen LogP contribution in [0.5, 0.6) is 0 Å². The number of anilines is 2. The summed E-state index contributed by atoms with van der Waals surface area (Å²) in [5.41, 5.74) is 0.0854. The van der Waals surface area contributed by atoms with Crippen LogP contribution in [-0.4, -0.2) is 51.0 Å². The lowest BCUT2D eigenvalue weighted by molar-refractivity contribution is -0.0511. The predicted molar refractivity (Wildman–Crippen MR) is 97.9 cm³/mol. The van der Waals surface area contributed by atoms with Gasteiger partial charge in [0.25, 0.3) is 0 Å². The molecule has 1 aliphatic rings. The van der Waals surface area contributed by atoms with Gasteiger partial charge in [-0.15, -0.1) is 0 Å². The second kappa shape index (κ2) is 7.85. The summed E-state index contributed by atoms with van der Waals surface area (Å²) in [4.78, 5) is 12.7. The number of nitriles is 1. The van der Waals surface area contributed by atoms with E-state index in [-0.39, 0.29) is 19.0 Å². The molecule has 0 aromatic carbocycles. The van der Waals surface area contributed by atoms with Crippen LogP contribution in [0.15, 0.2) is 10.7 Å². The molecule has 1 aliphatic carbocycles. The zero-order valence-electron chi connectivity index (χ0n) is 15.6. The second-order valence-electron chi connectivity index (χ2n) is 7.05. The number of nitrogens with zero attached hydrogens (tertiary/aromatic N) is 5. The van der Waals surface area contributed by atoms with Crippen LogP contribution in [0.3, 0.4) is 0 Å². The van der Waals surface area contributed by atoms with Gasteiger partial charge >= 0.3 is 0 Å². The molecule has 0 amide bonds. The van der Waals surface area contributed by atoms with Crippen molar-refractivity contribution >= 4 is 11.8 Å². The fraction of sp³-hybridized carbons (Fsp3) is 0.588. The molecule has 2 aromatic heterocycles. The van der Waals surface area contributed by atoms with E-state index in [0.717, 1.165) is 0 Å². The van der Waals surface area contributed by atoms with Crippen molar-refractivity contribution in [2.45, 2.75) is 45.4 Å². The zero-order valence-corrected chi connectivity index (χ0v) is 15.6. The second-order valence-corrected chi connectivity index (χ2v) is 7.05. The molecule has 10 heteroatoms. The summed E-state index contributed by atoms with van der Waals surface area (Å²) in [7, 11) is 1.57. The molecule has 2 aromatic rings. The number of aliphatic hydroxyl groups is 1. The standard InChI is InChI=1S/C17H23N7O3.H2/c1-17(2)11(6-12(17)25)21-15-10(7-18)8-20-16(23-15)19-5-4-14-22-13(9-26-3)24-27-14;/h8,11-12,25H,4-6,9H2,1-3H3,(H2,19,20,21,23);1H/t11-,12?;/m1./s1. The topological polar surface area (TPSA) is 142 Å². The van der Waals surface area contributed by atoms with Crippen LogP contribution in [0, 0.1) is 16.7 Å². The van der Waals surface area contributed by atoms with Gasteiger partial charge in [0.2, 0.25) is 11.8 Å². The molecule has 0 bridgehead atoms. The molecule has 146 valence electrons. The summed E-state index contributed by atoms with van der Waals surface area (Å²) in [5.74, 6) is 1.84. The highest BCUT2D eigenvalue weighted by Gasteiger charge is 2.47. The van der Waals surface area contributed by atoms with E-state index in [4.69, 9.17) is 9.26 Å². The third kappa shape index (κ3) is 4.15. The Hall–Kier alpha value is -2.77. The Labute approximate surface area is 158 Å². The lowest BCUT2D eigenvalue weighted by atomic mass is 9.64. The van der Waals surface area contributed by atoms with Crippen LogP contribution in [0.2, 0.25) is 0 Å². The molecular formula is C17H25N7O3. The summed E-state index contributed by atoms with van der Waals surface area (Å²) >= 11 is 0. The fourth-order valence-electron chi connectivity index (χ4n) is 2.83. The number of aliphatic hydroxyl groups excluding tert-OH is 1. The molecule has 2 atom stereocenters. The molecule has 27 heavy (non-hydrogen) atoms. The molecule has 10 nitrogen and oxygen atoms in total. The molecule has 1 unspecified atom stereocenters. The summed E-state index contributed by atoms with van der Waals surface area (Å²) in [6, 6.07) is 2.13. The quantitative estimate of drug-likeness (QED) is 0.618. The first-order valence-corrected chi connectivity index (χ1v) is 8.70. The molecule has 2 heterocycles. The molecule has 3 rings (SSSR count). The van der Waals surface area contributed by atoms with Crippen molar-refractivity contribution in [3.63, 3.8) is 0 Å². The van der Waals surface area contributed by atoms with Crippen LogP contribution in [0.4, 0.5) is 11.8 Å². The van der Waals surface area contributed by atoms with Gasteiger partial charge in [0.15, 0.2) is 5.82 Å². The number of hydrogen-bond donors (Lipinski definition) is 3. The normalized spacial score (nSPS) is 20.6. The van der Waals surface area contributed by atoms with Gasteiger partial charge in [-0.2, -0.15) is 15.2 Å². The first kappa shape index (κ1) is 19.0. The van der Waals surface area contributed by atoms with Gasteiger partial charge in [0.05, 0.1) is 12.3 Å². The minimum Gasteiger partial charge on any atom is -0.392 e. The monoisotopic (exact) mass is 375 g/mol. The van der Waals surface area contributed by atoms with Crippen molar-refractivity contribution < 1.29 is 15.8 Å². The van der Waals surface area contributed by atoms with Gasteiger partial charge in [-0.25, -0.2) is 4.98 Å². The molecular weight excluding hydrogens is 350 g/mol. The maximum Gasteiger partial charge on any atom is 0.228 e. The van der Waals surface area contributed by atoms with E-state index in [2.05, 4.69) is 36.8 Å². The lowest BCUT2D eigenvalue weighted by Crippen LogP contribution is -2.57. The third-order valence-electron chi connectivity index (χ3n) is 4.84. The lowest BCUT2D eigenvalue weighted by Gasteiger charge is -2.49. The molecule has 3 N–H and O–H groups in total. The average molecular weight is 375 g/mol. The summed E-state index contributed by atoms with van der Waals surface area (Å²) in [6.45, 7) is 4.76. The van der Waals surface area contributed by atoms with Gasteiger partial charge in [-0.1, -0.05) is 19.0 Å². The number of methoxy groups -OCH3 is 1. The Kier molecular flexibility index (Phi) is 5.53. The Morgan fingerprint density at radius 1 is 1.48 bits per heavy atom. The van der Waals surface area contributed by atoms with Gasteiger partial charge in [0.1, 0.15) is 24.1 Å². The Balaban J connectivity index is 0.00000280. The van der Waals surface area contributed by atoms with Gasteiger partial charge in [-0.3, -0.25) is 0 Å². The molecule has 0 spiro atoms. The van der Waals surface area contributed by atoms with Crippen LogP contribution in [0.25, 0.3) is 0 Å². The Morgan fingerprint density at radius 2 is 2.30 bits per heavy atom. The molecule has 1 saturated carbocycles. The van der Waals surface area contributed by atoms with Crippen LogP contribution >= 0.6 is 0 Å². The van der Waals surface area contributed by atoms with Crippen LogP contribution in [0.1, 0.15) is 39.0 Å². The highest BCUT2D eigenvalue weighted by atomic mass is 16.5. The molecule has 0 aliphatic heterocycles. The molecule has 0 saturated heterocycles. The highest BCUT2D eigenvalue weighted by molar-refractivity contribution is 5.54. The van der Waals surface area contributed by atoms with E-state index in [1.165, 1.54) is 6.20 Å². The van der Waals surface area contributed by atoms with Crippen LogP contribution in [-0.2, 0) is 17.8 Å². The Bertz CT molecular complexity index is 836. The van der Waals surface area contributed by atoms with Crippen LogP contribution < -0.4 is 10.6 Å². The number of ether oxygens (including phenoxy) is 1.